The predicted octanol–water partition coefficient (Wildman–Crippen LogP) is 1.25. The molecule has 0 radical (unpaired) electrons. The third-order valence-electron chi connectivity index (χ3n) is 1.15. The lowest BCUT2D eigenvalue weighted by Crippen LogP contribution is -2.06. The van der Waals surface area contributed by atoms with E-state index in [9.17, 15) is 0 Å². The Morgan fingerprint density at radius 3 is 2.55 bits per heavy atom. The van der Waals surface area contributed by atoms with Gasteiger partial charge in [0.15, 0.2) is 0 Å². The summed E-state index contributed by atoms with van der Waals surface area (Å²) >= 11 is 0. The summed E-state index contributed by atoms with van der Waals surface area (Å²) in [4.78, 5) is 0. The quantitative estimate of drug-likeness (QED) is 0.345. The Labute approximate surface area is 68.2 Å². The van der Waals surface area contributed by atoms with Crippen molar-refractivity contribution in [3.8, 4) is 0 Å². The summed E-state index contributed by atoms with van der Waals surface area (Å²) in [6.45, 7) is 7.21. The average Bonchev–Trinajstić information content (AvgIpc) is 1.96. The van der Waals surface area contributed by atoms with Crippen molar-refractivity contribution in [1.29, 1.82) is 0 Å². The van der Waals surface area contributed by atoms with E-state index in [2.05, 4.69) is 6.58 Å². The summed E-state index contributed by atoms with van der Waals surface area (Å²) in [7, 11) is 0. The number of nitrogens with two attached hydrogens (primary N) is 1. The molecule has 0 bridgehead atoms. The number of ether oxygens (including phenoxy) is 2. The molecule has 0 heterocycles. The molecular weight excluding hydrogens is 142 g/mol. The Bertz CT molecular complexity index is 104. The third kappa shape index (κ3) is 9.46. The third-order valence-corrected chi connectivity index (χ3v) is 1.15. The van der Waals surface area contributed by atoms with E-state index in [1.807, 2.05) is 6.92 Å². The molecule has 2 N–H and O–H groups in total. The maximum Gasteiger partial charge on any atom is 0.0940 e. The largest absolute Gasteiger partial charge is 0.499 e. The molecule has 11 heavy (non-hydrogen) atoms. The van der Waals surface area contributed by atoms with Crippen LogP contribution in [0.1, 0.15) is 19.8 Å². The number of rotatable bonds is 7. The van der Waals surface area contributed by atoms with Gasteiger partial charge < -0.3 is 15.2 Å². The van der Waals surface area contributed by atoms with Crippen LogP contribution in [0.3, 0.4) is 0 Å². The van der Waals surface area contributed by atoms with Crippen molar-refractivity contribution < 1.29 is 9.47 Å². The van der Waals surface area contributed by atoms with Gasteiger partial charge in [-0.1, -0.05) is 6.58 Å². The fourth-order valence-electron chi connectivity index (χ4n) is 0.636. The van der Waals surface area contributed by atoms with Gasteiger partial charge >= 0.3 is 0 Å². The lowest BCUT2D eigenvalue weighted by molar-refractivity contribution is 0.126. The molecule has 0 aromatic rings. The van der Waals surface area contributed by atoms with Crippen LogP contribution in [0.15, 0.2) is 12.3 Å². The van der Waals surface area contributed by atoms with Gasteiger partial charge in [0, 0.05) is 6.61 Å². The first-order valence-corrected chi connectivity index (χ1v) is 3.83. The number of hydrogen-bond acceptors (Lipinski definition) is 3. The van der Waals surface area contributed by atoms with Gasteiger partial charge in [0.05, 0.1) is 19.1 Å². The van der Waals surface area contributed by atoms with Crippen LogP contribution >= 0.6 is 0 Å². The van der Waals surface area contributed by atoms with Gasteiger partial charge in [-0.3, -0.25) is 0 Å². The minimum atomic E-state index is 0.307. The van der Waals surface area contributed by atoms with Crippen LogP contribution < -0.4 is 5.73 Å². The van der Waals surface area contributed by atoms with Crippen LogP contribution in [0, 0.1) is 0 Å². The zero-order valence-corrected chi connectivity index (χ0v) is 7.14. The molecule has 0 aliphatic carbocycles. The second-order valence-corrected chi connectivity index (χ2v) is 2.33. The molecule has 0 fully saturated rings. The molecule has 0 aliphatic heterocycles. The molecule has 3 nitrogen and oxygen atoms in total. The Kier molecular flexibility index (Phi) is 7.19. The Hall–Kier alpha value is -0.540. The first-order valence-electron chi connectivity index (χ1n) is 3.83. The minimum Gasteiger partial charge on any atom is -0.499 e. The summed E-state index contributed by atoms with van der Waals surface area (Å²) < 4.78 is 10.1. The monoisotopic (exact) mass is 159 g/mol. The topological polar surface area (TPSA) is 44.5 Å². The Morgan fingerprint density at radius 1 is 1.36 bits per heavy atom. The minimum absolute atomic E-state index is 0.307. The van der Waals surface area contributed by atoms with Crippen LogP contribution in [-0.2, 0) is 9.47 Å². The molecule has 0 aromatic carbocycles. The highest BCUT2D eigenvalue weighted by Crippen LogP contribution is 1.95. The fourth-order valence-corrected chi connectivity index (χ4v) is 0.636. The molecule has 0 saturated carbocycles. The summed E-state index contributed by atoms with van der Waals surface area (Å²) in [6.07, 6.45) is 1.98. The highest BCUT2D eigenvalue weighted by molar-refractivity contribution is 4.72. The van der Waals surface area contributed by atoms with Crippen LogP contribution in [0.2, 0.25) is 0 Å². The van der Waals surface area contributed by atoms with E-state index in [-0.39, 0.29) is 0 Å². The van der Waals surface area contributed by atoms with Gasteiger partial charge in [-0.25, -0.2) is 0 Å². The second kappa shape index (κ2) is 7.57. The van der Waals surface area contributed by atoms with Crippen molar-refractivity contribution in [2.75, 3.05) is 19.9 Å². The SMILES string of the molecule is C=C(C)OCCCCOCN. The molecule has 0 rings (SSSR count). The smallest absolute Gasteiger partial charge is 0.0940 e. The van der Waals surface area contributed by atoms with Gasteiger partial charge in [0.1, 0.15) is 0 Å². The van der Waals surface area contributed by atoms with E-state index in [1.54, 1.807) is 0 Å². The molecule has 0 atom stereocenters. The molecule has 3 heteroatoms. The number of hydrogen-bond donors (Lipinski definition) is 1. The summed E-state index contributed by atoms with van der Waals surface area (Å²) in [5.74, 6) is 0.768. The maximum atomic E-state index is 5.14. The Balaban J connectivity index is 2.85. The Morgan fingerprint density at radius 2 is 2.00 bits per heavy atom. The van der Waals surface area contributed by atoms with Crippen LogP contribution in [0.4, 0.5) is 0 Å². The molecule has 0 saturated heterocycles. The first-order chi connectivity index (χ1) is 5.27. The molecule has 0 amide bonds. The average molecular weight is 159 g/mol. The predicted molar refractivity (Wildman–Crippen MR) is 45.0 cm³/mol. The summed E-state index contributed by atoms with van der Waals surface area (Å²) in [5.41, 5.74) is 5.12. The summed E-state index contributed by atoms with van der Waals surface area (Å²) in [5, 5.41) is 0. The van der Waals surface area contributed by atoms with Crippen molar-refractivity contribution in [2.45, 2.75) is 19.8 Å². The van der Waals surface area contributed by atoms with Crippen LogP contribution in [-0.4, -0.2) is 19.9 Å². The molecule has 66 valence electrons. The van der Waals surface area contributed by atoms with Gasteiger partial charge in [-0.15, -0.1) is 0 Å². The summed E-state index contributed by atoms with van der Waals surface area (Å²) in [6, 6.07) is 0. The van der Waals surface area contributed by atoms with Crippen molar-refractivity contribution in [1.82, 2.24) is 0 Å². The first kappa shape index (κ1) is 10.5. The lowest BCUT2D eigenvalue weighted by atomic mass is 10.3. The highest BCUT2D eigenvalue weighted by Gasteiger charge is 1.88. The van der Waals surface area contributed by atoms with Crippen molar-refractivity contribution in [2.24, 2.45) is 5.73 Å². The van der Waals surface area contributed by atoms with E-state index >= 15 is 0 Å². The zero-order chi connectivity index (χ0) is 8.53. The van der Waals surface area contributed by atoms with Crippen molar-refractivity contribution in [3.05, 3.63) is 12.3 Å². The standard InChI is InChI=1S/C8H17NO2/c1-8(2)11-6-4-3-5-10-7-9/h1,3-7,9H2,2H3. The van der Waals surface area contributed by atoms with E-state index in [1.165, 1.54) is 0 Å². The molecule has 0 aromatic heterocycles. The van der Waals surface area contributed by atoms with Crippen LogP contribution in [0.5, 0.6) is 0 Å². The number of allylic oxidation sites excluding steroid dienone is 1. The van der Waals surface area contributed by atoms with E-state index in [4.69, 9.17) is 15.2 Å². The molecular formula is C8H17NO2. The van der Waals surface area contributed by atoms with E-state index in [0.29, 0.717) is 6.73 Å². The van der Waals surface area contributed by atoms with Crippen LogP contribution in [0.25, 0.3) is 0 Å². The van der Waals surface area contributed by atoms with Gasteiger partial charge in [0.25, 0.3) is 0 Å². The van der Waals surface area contributed by atoms with E-state index in [0.717, 1.165) is 31.8 Å². The number of unbranched alkanes of at least 4 members (excludes halogenated alkanes) is 1. The molecule has 0 aliphatic rings. The second-order valence-electron chi connectivity index (χ2n) is 2.33. The molecule has 0 unspecified atom stereocenters. The van der Waals surface area contributed by atoms with E-state index < -0.39 is 0 Å². The fraction of sp³-hybridized carbons (Fsp3) is 0.750. The normalized spacial score (nSPS) is 9.64. The van der Waals surface area contributed by atoms with Gasteiger partial charge in [-0.05, 0) is 19.8 Å². The van der Waals surface area contributed by atoms with Gasteiger partial charge in [-0.2, -0.15) is 0 Å². The molecule has 0 spiro atoms. The van der Waals surface area contributed by atoms with Crippen molar-refractivity contribution >= 4 is 0 Å². The zero-order valence-electron chi connectivity index (χ0n) is 7.14. The van der Waals surface area contributed by atoms with Gasteiger partial charge in [0.2, 0.25) is 0 Å². The maximum absolute atomic E-state index is 5.14. The van der Waals surface area contributed by atoms with Crippen molar-refractivity contribution in [3.63, 3.8) is 0 Å². The highest BCUT2D eigenvalue weighted by atomic mass is 16.5. The lowest BCUT2D eigenvalue weighted by Gasteiger charge is -2.04.